The van der Waals surface area contributed by atoms with Gasteiger partial charge in [-0.3, -0.25) is 0 Å². The van der Waals surface area contributed by atoms with E-state index >= 15 is 0 Å². The standard InChI is InChI=1S/C16H32N2S/c1-4-19-16-9-5-8-15(16)17-14-7-6-11-18(12-10-14)13(2)3/h13-17H,4-12H2,1-3H3. The summed E-state index contributed by atoms with van der Waals surface area (Å²) < 4.78 is 0. The quantitative estimate of drug-likeness (QED) is 0.831. The smallest absolute Gasteiger partial charge is 0.0201 e. The Labute approximate surface area is 124 Å². The highest BCUT2D eigenvalue weighted by molar-refractivity contribution is 7.99. The summed E-state index contributed by atoms with van der Waals surface area (Å²) in [7, 11) is 0. The van der Waals surface area contributed by atoms with Crippen LogP contribution >= 0.6 is 11.8 Å². The van der Waals surface area contributed by atoms with E-state index < -0.39 is 0 Å². The highest BCUT2D eigenvalue weighted by Crippen LogP contribution is 2.30. The van der Waals surface area contributed by atoms with E-state index in [1.807, 2.05) is 0 Å². The Morgan fingerprint density at radius 3 is 2.68 bits per heavy atom. The van der Waals surface area contributed by atoms with Crippen molar-refractivity contribution in [3.63, 3.8) is 0 Å². The second-order valence-electron chi connectivity index (χ2n) is 6.46. The van der Waals surface area contributed by atoms with E-state index in [1.165, 1.54) is 57.4 Å². The number of nitrogens with zero attached hydrogens (tertiary/aromatic N) is 1. The fourth-order valence-corrected chi connectivity index (χ4v) is 4.84. The molecule has 3 atom stereocenters. The molecule has 0 amide bonds. The van der Waals surface area contributed by atoms with Gasteiger partial charge in [-0.1, -0.05) is 13.3 Å². The molecular weight excluding hydrogens is 252 g/mol. The van der Waals surface area contributed by atoms with Gasteiger partial charge in [0.2, 0.25) is 0 Å². The Hall–Kier alpha value is 0.270. The van der Waals surface area contributed by atoms with Crippen molar-refractivity contribution in [2.24, 2.45) is 0 Å². The van der Waals surface area contributed by atoms with E-state index in [9.17, 15) is 0 Å². The Bertz CT molecular complexity index is 257. The van der Waals surface area contributed by atoms with E-state index in [-0.39, 0.29) is 0 Å². The molecule has 1 aliphatic carbocycles. The molecule has 0 spiro atoms. The summed E-state index contributed by atoms with van der Waals surface area (Å²) in [5, 5.41) is 4.89. The van der Waals surface area contributed by atoms with Crippen molar-refractivity contribution in [1.82, 2.24) is 10.2 Å². The van der Waals surface area contributed by atoms with Crippen molar-refractivity contribution in [2.45, 2.75) is 82.7 Å². The van der Waals surface area contributed by atoms with Gasteiger partial charge in [0.1, 0.15) is 0 Å². The zero-order chi connectivity index (χ0) is 13.7. The highest BCUT2D eigenvalue weighted by Gasteiger charge is 2.29. The van der Waals surface area contributed by atoms with Gasteiger partial charge in [-0.25, -0.2) is 0 Å². The van der Waals surface area contributed by atoms with Gasteiger partial charge in [0, 0.05) is 23.4 Å². The van der Waals surface area contributed by atoms with Crippen LogP contribution in [-0.4, -0.2) is 47.1 Å². The van der Waals surface area contributed by atoms with Gasteiger partial charge < -0.3 is 10.2 Å². The predicted molar refractivity (Wildman–Crippen MR) is 87.0 cm³/mol. The molecule has 0 radical (unpaired) electrons. The lowest BCUT2D eigenvalue weighted by Crippen LogP contribution is -2.42. The van der Waals surface area contributed by atoms with Gasteiger partial charge >= 0.3 is 0 Å². The van der Waals surface area contributed by atoms with Crippen LogP contribution in [0.25, 0.3) is 0 Å². The van der Waals surface area contributed by atoms with E-state index in [0.717, 1.165) is 17.3 Å². The van der Waals surface area contributed by atoms with Crippen LogP contribution in [0.5, 0.6) is 0 Å². The molecule has 1 saturated heterocycles. The molecule has 0 aromatic carbocycles. The Balaban J connectivity index is 1.79. The third kappa shape index (κ3) is 4.64. The third-order valence-electron chi connectivity index (χ3n) is 4.78. The average molecular weight is 285 g/mol. The molecule has 3 heteroatoms. The van der Waals surface area contributed by atoms with Gasteiger partial charge in [-0.15, -0.1) is 0 Å². The average Bonchev–Trinajstić information content (AvgIpc) is 2.67. The van der Waals surface area contributed by atoms with E-state index in [0.29, 0.717) is 6.04 Å². The molecule has 112 valence electrons. The fourth-order valence-electron chi connectivity index (χ4n) is 3.63. The minimum atomic E-state index is 0.716. The van der Waals surface area contributed by atoms with Gasteiger partial charge in [-0.2, -0.15) is 11.8 Å². The predicted octanol–water partition coefficient (Wildman–Crippen LogP) is 3.51. The van der Waals surface area contributed by atoms with Gasteiger partial charge in [0.05, 0.1) is 0 Å². The van der Waals surface area contributed by atoms with Crippen LogP contribution in [0.3, 0.4) is 0 Å². The first kappa shape index (κ1) is 15.7. The van der Waals surface area contributed by atoms with Crippen LogP contribution in [0.2, 0.25) is 0 Å². The van der Waals surface area contributed by atoms with Crippen molar-refractivity contribution in [3.8, 4) is 0 Å². The second-order valence-corrected chi connectivity index (χ2v) is 7.97. The fraction of sp³-hybridized carbons (Fsp3) is 1.00. The van der Waals surface area contributed by atoms with Crippen molar-refractivity contribution in [3.05, 3.63) is 0 Å². The molecule has 0 aromatic heterocycles. The largest absolute Gasteiger partial charge is 0.310 e. The number of likely N-dealkylation sites (tertiary alicyclic amines) is 1. The number of nitrogens with one attached hydrogen (secondary N) is 1. The third-order valence-corrected chi connectivity index (χ3v) is 6.10. The van der Waals surface area contributed by atoms with E-state index in [1.54, 1.807) is 0 Å². The van der Waals surface area contributed by atoms with Crippen molar-refractivity contribution >= 4 is 11.8 Å². The lowest BCUT2D eigenvalue weighted by Gasteiger charge is -2.27. The number of hydrogen-bond acceptors (Lipinski definition) is 3. The minimum Gasteiger partial charge on any atom is -0.310 e. The van der Waals surface area contributed by atoms with E-state index in [2.05, 4.69) is 42.7 Å². The van der Waals surface area contributed by atoms with Crippen LogP contribution in [0.15, 0.2) is 0 Å². The van der Waals surface area contributed by atoms with Crippen molar-refractivity contribution < 1.29 is 0 Å². The van der Waals surface area contributed by atoms with Crippen LogP contribution in [0.1, 0.15) is 59.3 Å². The summed E-state index contributed by atoms with van der Waals surface area (Å²) in [6.07, 6.45) is 8.36. The molecule has 19 heavy (non-hydrogen) atoms. The highest BCUT2D eigenvalue weighted by atomic mass is 32.2. The normalized spacial score (nSPS) is 33.8. The molecular formula is C16H32N2S. The molecule has 0 bridgehead atoms. The molecule has 2 rings (SSSR count). The Morgan fingerprint density at radius 2 is 1.95 bits per heavy atom. The maximum atomic E-state index is 4.00. The molecule has 2 nitrogen and oxygen atoms in total. The molecule has 0 aromatic rings. The van der Waals surface area contributed by atoms with Gasteiger partial charge in [-0.05, 0) is 64.8 Å². The first-order valence-corrected chi connectivity index (χ1v) is 9.37. The minimum absolute atomic E-state index is 0.716. The monoisotopic (exact) mass is 284 g/mol. The summed E-state index contributed by atoms with van der Waals surface area (Å²) in [5.41, 5.74) is 0. The Morgan fingerprint density at radius 1 is 1.11 bits per heavy atom. The topological polar surface area (TPSA) is 15.3 Å². The summed E-state index contributed by atoms with van der Waals surface area (Å²) in [5.74, 6) is 1.27. The molecule has 1 aliphatic heterocycles. The van der Waals surface area contributed by atoms with Gasteiger partial charge in [0.15, 0.2) is 0 Å². The number of hydrogen-bond donors (Lipinski definition) is 1. The summed E-state index contributed by atoms with van der Waals surface area (Å²) in [6, 6.07) is 2.28. The first-order valence-electron chi connectivity index (χ1n) is 8.32. The zero-order valence-electron chi connectivity index (χ0n) is 13.0. The van der Waals surface area contributed by atoms with Crippen LogP contribution < -0.4 is 5.32 Å². The van der Waals surface area contributed by atoms with Crippen LogP contribution in [-0.2, 0) is 0 Å². The maximum absolute atomic E-state index is 4.00. The van der Waals surface area contributed by atoms with E-state index in [4.69, 9.17) is 0 Å². The SMILES string of the molecule is CCSC1CCCC1NC1CCCN(C(C)C)CC1. The number of thioether (sulfide) groups is 1. The molecule has 2 fully saturated rings. The molecule has 1 N–H and O–H groups in total. The summed E-state index contributed by atoms with van der Waals surface area (Å²) in [4.78, 5) is 2.65. The maximum Gasteiger partial charge on any atom is 0.0201 e. The van der Waals surface area contributed by atoms with Crippen molar-refractivity contribution in [2.75, 3.05) is 18.8 Å². The lowest BCUT2D eigenvalue weighted by molar-refractivity contribution is 0.228. The lowest BCUT2D eigenvalue weighted by atomic mass is 10.1. The zero-order valence-corrected chi connectivity index (χ0v) is 13.8. The number of rotatable bonds is 5. The molecule has 3 unspecified atom stereocenters. The van der Waals surface area contributed by atoms with Crippen LogP contribution in [0.4, 0.5) is 0 Å². The molecule has 2 aliphatic rings. The summed E-state index contributed by atoms with van der Waals surface area (Å²) in [6.45, 7) is 9.55. The Kier molecular flexibility index (Phi) is 6.51. The summed E-state index contributed by atoms with van der Waals surface area (Å²) >= 11 is 2.17. The van der Waals surface area contributed by atoms with Gasteiger partial charge in [0.25, 0.3) is 0 Å². The second kappa shape index (κ2) is 7.90. The van der Waals surface area contributed by atoms with Crippen molar-refractivity contribution in [1.29, 1.82) is 0 Å². The first-order chi connectivity index (χ1) is 9.20. The molecule has 1 heterocycles. The van der Waals surface area contributed by atoms with Crippen LogP contribution in [0, 0.1) is 0 Å². The molecule has 1 saturated carbocycles.